The molecule has 1 aromatic carbocycles. The van der Waals surface area contributed by atoms with Gasteiger partial charge in [0, 0.05) is 17.0 Å². The van der Waals surface area contributed by atoms with Crippen LogP contribution in [0.15, 0.2) is 40.8 Å². The highest BCUT2D eigenvalue weighted by Crippen LogP contribution is 2.30. The van der Waals surface area contributed by atoms with Gasteiger partial charge >= 0.3 is 0 Å². The normalized spacial score (nSPS) is 12.2. The Morgan fingerprint density at radius 1 is 1.29 bits per heavy atom. The van der Waals surface area contributed by atoms with E-state index in [4.69, 9.17) is 0 Å². The number of rotatable bonds is 8. The predicted molar refractivity (Wildman–Crippen MR) is 111 cm³/mol. The van der Waals surface area contributed by atoms with Crippen molar-refractivity contribution in [2.75, 3.05) is 0 Å². The highest BCUT2D eigenvalue weighted by Gasteiger charge is 2.15. The lowest BCUT2D eigenvalue weighted by Crippen LogP contribution is -2.37. The second-order valence-corrected chi connectivity index (χ2v) is 7.84. The van der Waals surface area contributed by atoms with Gasteiger partial charge in [0.25, 0.3) is 5.56 Å². The van der Waals surface area contributed by atoms with E-state index in [0.717, 1.165) is 31.2 Å². The molecule has 0 unspecified atom stereocenters. The van der Waals surface area contributed by atoms with E-state index in [2.05, 4.69) is 17.2 Å². The number of carbonyl (C=O) groups is 1. The Morgan fingerprint density at radius 3 is 2.75 bits per heavy atom. The number of hydrogen-bond acceptors (Lipinski definition) is 4. The van der Waals surface area contributed by atoms with E-state index in [1.165, 1.54) is 34.4 Å². The fourth-order valence-corrected chi connectivity index (χ4v) is 4.08. The maximum atomic E-state index is 13.2. The van der Waals surface area contributed by atoms with Gasteiger partial charge in [0.15, 0.2) is 0 Å². The summed E-state index contributed by atoms with van der Waals surface area (Å²) in [5, 5.41) is 5.24. The maximum absolute atomic E-state index is 13.2. The number of halogens is 1. The topological polar surface area (TPSA) is 64.0 Å². The van der Waals surface area contributed by atoms with Gasteiger partial charge in [0.2, 0.25) is 5.91 Å². The Kier molecular flexibility index (Phi) is 6.57. The number of amides is 1. The smallest absolute Gasteiger partial charge is 0.263 e. The first-order valence-corrected chi connectivity index (χ1v) is 10.4. The van der Waals surface area contributed by atoms with Crippen LogP contribution in [0.5, 0.6) is 0 Å². The van der Waals surface area contributed by atoms with Crippen molar-refractivity contribution in [1.29, 1.82) is 0 Å². The third-order valence-corrected chi connectivity index (χ3v) is 5.56. The van der Waals surface area contributed by atoms with Crippen molar-refractivity contribution in [2.45, 2.75) is 52.1 Å². The average molecular weight is 402 g/mol. The summed E-state index contributed by atoms with van der Waals surface area (Å²) in [7, 11) is 0. The van der Waals surface area contributed by atoms with E-state index in [0.29, 0.717) is 15.8 Å². The number of nitrogens with zero attached hydrogens (tertiary/aromatic N) is 2. The fourth-order valence-electron chi connectivity index (χ4n) is 3.17. The van der Waals surface area contributed by atoms with Crippen molar-refractivity contribution in [3.63, 3.8) is 0 Å². The number of hydrogen-bond donors (Lipinski definition) is 1. The van der Waals surface area contributed by atoms with Gasteiger partial charge in [0.1, 0.15) is 17.2 Å². The van der Waals surface area contributed by atoms with Gasteiger partial charge in [-0.05, 0) is 31.0 Å². The monoisotopic (exact) mass is 401 g/mol. The number of unbranched alkanes of at least 4 members (excludes halogenated alkanes) is 2. The van der Waals surface area contributed by atoms with Crippen LogP contribution in [0.4, 0.5) is 4.39 Å². The van der Waals surface area contributed by atoms with E-state index in [1.807, 2.05) is 12.3 Å². The number of aromatic nitrogens is 2. The first-order valence-electron chi connectivity index (χ1n) is 9.51. The molecule has 1 atom stereocenters. The molecule has 28 heavy (non-hydrogen) atoms. The molecule has 0 aliphatic rings. The Balaban J connectivity index is 1.80. The summed E-state index contributed by atoms with van der Waals surface area (Å²) in [6.07, 6.45) is 5.69. The molecule has 0 fully saturated rings. The number of nitrogens with one attached hydrogen (secondary N) is 1. The van der Waals surface area contributed by atoms with Crippen LogP contribution in [0.2, 0.25) is 0 Å². The first-order chi connectivity index (χ1) is 13.5. The minimum atomic E-state index is -0.330. The van der Waals surface area contributed by atoms with Crippen molar-refractivity contribution < 1.29 is 9.18 Å². The SMILES string of the molecule is CCCCC[C@@H](C)NC(=O)Cn1cnc2scc(-c3ccc(F)cc3)c2c1=O. The average Bonchev–Trinajstić information content (AvgIpc) is 3.10. The molecule has 0 spiro atoms. The summed E-state index contributed by atoms with van der Waals surface area (Å²) in [4.78, 5) is 30.2. The summed E-state index contributed by atoms with van der Waals surface area (Å²) in [5.41, 5.74) is 1.19. The summed E-state index contributed by atoms with van der Waals surface area (Å²) in [5.74, 6) is -0.533. The van der Waals surface area contributed by atoms with Gasteiger partial charge in [-0.15, -0.1) is 11.3 Å². The second kappa shape index (κ2) is 9.10. The molecule has 2 heterocycles. The van der Waals surface area contributed by atoms with Crippen LogP contribution in [-0.2, 0) is 11.3 Å². The molecule has 1 N–H and O–H groups in total. The van der Waals surface area contributed by atoms with Crippen molar-refractivity contribution in [3.8, 4) is 11.1 Å². The van der Waals surface area contributed by atoms with Crippen LogP contribution in [0, 0.1) is 5.82 Å². The van der Waals surface area contributed by atoms with E-state index in [9.17, 15) is 14.0 Å². The zero-order valence-corrected chi connectivity index (χ0v) is 16.9. The minimum Gasteiger partial charge on any atom is -0.352 e. The zero-order valence-electron chi connectivity index (χ0n) is 16.1. The van der Waals surface area contributed by atoms with Crippen LogP contribution < -0.4 is 10.9 Å². The molecular weight excluding hydrogens is 377 g/mol. The van der Waals surface area contributed by atoms with Crippen LogP contribution in [0.25, 0.3) is 21.3 Å². The van der Waals surface area contributed by atoms with Gasteiger partial charge in [0.05, 0.1) is 11.7 Å². The molecule has 1 amide bonds. The Bertz CT molecular complexity index is 1010. The maximum Gasteiger partial charge on any atom is 0.263 e. The van der Waals surface area contributed by atoms with Crippen molar-refractivity contribution in [3.05, 3.63) is 52.1 Å². The van der Waals surface area contributed by atoms with E-state index >= 15 is 0 Å². The summed E-state index contributed by atoms with van der Waals surface area (Å²) in [6.45, 7) is 4.05. The zero-order chi connectivity index (χ0) is 20.1. The standard InChI is InChI=1S/C21H24FN3O2S/c1-3-4-5-6-14(2)24-18(26)11-25-13-23-20-19(21(25)27)17(12-28-20)15-7-9-16(22)10-8-15/h7-10,12-14H,3-6,11H2,1-2H3,(H,24,26)/t14-/m1/s1. The lowest BCUT2D eigenvalue weighted by atomic mass is 10.1. The second-order valence-electron chi connectivity index (χ2n) is 6.98. The van der Waals surface area contributed by atoms with Gasteiger partial charge in [-0.2, -0.15) is 0 Å². The Labute approximate surface area is 167 Å². The number of fused-ring (bicyclic) bond motifs is 1. The number of benzene rings is 1. The minimum absolute atomic E-state index is 0.0708. The molecule has 3 rings (SSSR count). The molecule has 5 nitrogen and oxygen atoms in total. The molecule has 7 heteroatoms. The van der Waals surface area contributed by atoms with Crippen molar-refractivity contribution in [2.24, 2.45) is 0 Å². The third kappa shape index (κ3) is 4.65. The molecule has 3 aromatic rings. The van der Waals surface area contributed by atoms with Crippen molar-refractivity contribution >= 4 is 27.5 Å². The van der Waals surface area contributed by atoms with Crippen LogP contribution >= 0.6 is 11.3 Å². The summed E-state index contributed by atoms with van der Waals surface area (Å²) >= 11 is 1.36. The van der Waals surface area contributed by atoms with Gasteiger partial charge in [-0.25, -0.2) is 9.37 Å². The van der Waals surface area contributed by atoms with E-state index < -0.39 is 0 Å². The molecule has 0 radical (unpaired) electrons. The highest BCUT2D eigenvalue weighted by molar-refractivity contribution is 7.17. The molecule has 0 saturated heterocycles. The lowest BCUT2D eigenvalue weighted by molar-refractivity contribution is -0.122. The molecule has 0 aliphatic carbocycles. The third-order valence-electron chi connectivity index (χ3n) is 4.68. The Morgan fingerprint density at radius 2 is 2.04 bits per heavy atom. The molecular formula is C21H24FN3O2S. The molecule has 0 saturated carbocycles. The van der Waals surface area contributed by atoms with Crippen LogP contribution in [-0.4, -0.2) is 21.5 Å². The molecule has 2 aromatic heterocycles. The first kappa shape index (κ1) is 20.2. The summed E-state index contributed by atoms with van der Waals surface area (Å²) in [6, 6.07) is 6.07. The fraction of sp³-hybridized carbons (Fsp3) is 0.381. The van der Waals surface area contributed by atoms with Gasteiger partial charge in [-0.1, -0.05) is 38.3 Å². The Hall–Kier alpha value is -2.54. The quantitative estimate of drug-likeness (QED) is 0.571. The molecule has 0 bridgehead atoms. The number of carbonyl (C=O) groups excluding carboxylic acids is 1. The van der Waals surface area contributed by atoms with Crippen molar-refractivity contribution in [1.82, 2.24) is 14.9 Å². The van der Waals surface area contributed by atoms with Gasteiger partial charge < -0.3 is 5.32 Å². The van der Waals surface area contributed by atoms with Crippen LogP contribution in [0.3, 0.4) is 0 Å². The predicted octanol–water partition coefficient (Wildman–Crippen LogP) is 4.35. The van der Waals surface area contributed by atoms with E-state index in [-0.39, 0.29) is 29.9 Å². The molecule has 0 aliphatic heterocycles. The van der Waals surface area contributed by atoms with E-state index in [1.54, 1.807) is 12.1 Å². The largest absolute Gasteiger partial charge is 0.352 e. The lowest BCUT2D eigenvalue weighted by Gasteiger charge is -2.14. The highest BCUT2D eigenvalue weighted by atomic mass is 32.1. The van der Waals surface area contributed by atoms with Gasteiger partial charge in [-0.3, -0.25) is 14.2 Å². The summed E-state index contributed by atoms with van der Waals surface area (Å²) < 4.78 is 14.5. The van der Waals surface area contributed by atoms with Crippen LogP contribution in [0.1, 0.15) is 39.5 Å². The molecule has 148 valence electrons. The number of thiophene rings is 1.